The molecule has 2 nitrogen and oxygen atoms in total. The molecule has 0 bridgehead atoms. The first kappa shape index (κ1) is 17.5. The Labute approximate surface area is 159 Å². The van der Waals surface area contributed by atoms with Crippen LogP contribution >= 0.6 is 0 Å². The van der Waals surface area contributed by atoms with E-state index >= 15 is 0 Å². The Morgan fingerprint density at radius 1 is 1.04 bits per heavy atom. The van der Waals surface area contributed by atoms with Gasteiger partial charge in [0.15, 0.2) is 6.29 Å². The molecule has 3 fully saturated rings. The summed E-state index contributed by atoms with van der Waals surface area (Å²) in [4.78, 5) is 0. The van der Waals surface area contributed by atoms with Gasteiger partial charge in [-0.25, -0.2) is 0 Å². The molecule has 2 saturated carbocycles. The van der Waals surface area contributed by atoms with Crippen LogP contribution in [0.2, 0.25) is 0 Å². The van der Waals surface area contributed by atoms with Crippen LogP contribution in [0.25, 0.3) is 0 Å². The smallest absolute Gasteiger partial charge is 0.160 e. The zero-order chi connectivity index (χ0) is 17.9. The van der Waals surface area contributed by atoms with E-state index in [9.17, 15) is 0 Å². The molecule has 1 heterocycles. The third kappa shape index (κ3) is 2.37. The summed E-state index contributed by atoms with van der Waals surface area (Å²) in [6.45, 7) is 9.14. The van der Waals surface area contributed by atoms with Crippen LogP contribution < -0.4 is 0 Å². The summed E-state index contributed by atoms with van der Waals surface area (Å²) in [5, 5.41) is 0. The number of rotatable bonds is 2. The Balaban J connectivity index is 1.43. The molecule has 0 spiro atoms. The summed E-state index contributed by atoms with van der Waals surface area (Å²) in [7, 11) is 0. The fraction of sp³-hybridized carbons (Fsp3) is 0.833. The van der Waals surface area contributed by atoms with Crippen LogP contribution in [0, 0.1) is 40.4 Å². The second-order valence-electron chi connectivity index (χ2n) is 10.3. The van der Waals surface area contributed by atoms with Crippen LogP contribution in [0.4, 0.5) is 0 Å². The summed E-state index contributed by atoms with van der Waals surface area (Å²) >= 11 is 0. The highest BCUT2D eigenvalue weighted by Gasteiger charge is 2.59. The molecule has 0 aromatic carbocycles. The van der Waals surface area contributed by atoms with Gasteiger partial charge in [-0.2, -0.15) is 0 Å². The first-order valence-electron chi connectivity index (χ1n) is 11.2. The Morgan fingerprint density at radius 2 is 1.85 bits per heavy atom. The minimum absolute atomic E-state index is 0.0422. The fourth-order valence-corrected chi connectivity index (χ4v) is 7.96. The van der Waals surface area contributed by atoms with Crippen LogP contribution in [-0.2, 0) is 9.47 Å². The van der Waals surface area contributed by atoms with Crippen molar-refractivity contribution in [3.05, 3.63) is 23.8 Å². The van der Waals surface area contributed by atoms with E-state index in [1.807, 2.05) is 0 Å². The molecule has 0 N–H and O–H groups in total. The van der Waals surface area contributed by atoms with Gasteiger partial charge < -0.3 is 9.47 Å². The third-order valence-corrected chi connectivity index (χ3v) is 9.36. The van der Waals surface area contributed by atoms with E-state index in [2.05, 4.69) is 39.0 Å². The van der Waals surface area contributed by atoms with Crippen molar-refractivity contribution in [2.45, 2.75) is 72.0 Å². The van der Waals surface area contributed by atoms with Crippen LogP contribution in [0.1, 0.15) is 65.7 Å². The molecule has 4 aliphatic carbocycles. The van der Waals surface area contributed by atoms with Gasteiger partial charge in [-0.05, 0) is 85.0 Å². The maximum atomic E-state index is 5.90. The number of hydrogen-bond acceptors (Lipinski definition) is 2. The molecule has 144 valence electrons. The number of ether oxygens (including phenoxy) is 2. The lowest BCUT2D eigenvalue weighted by molar-refractivity contribution is -0.118. The maximum Gasteiger partial charge on any atom is 0.160 e. The summed E-state index contributed by atoms with van der Waals surface area (Å²) in [5.74, 6) is 3.78. The number of allylic oxidation sites excluding steroid dienone is 4. The number of fused-ring (bicyclic) bond motifs is 5. The van der Waals surface area contributed by atoms with Crippen molar-refractivity contribution in [1.29, 1.82) is 0 Å². The molecule has 0 unspecified atom stereocenters. The molecular formula is C24H36O2. The van der Waals surface area contributed by atoms with Gasteiger partial charge in [0.2, 0.25) is 0 Å². The quantitative estimate of drug-likeness (QED) is 0.628. The van der Waals surface area contributed by atoms with E-state index in [-0.39, 0.29) is 6.29 Å². The predicted molar refractivity (Wildman–Crippen MR) is 105 cm³/mol. The van der Waals surface area contributed by atoms with Crippen molar-refractivity contribution in [2.24, 2.45) is 40.4 Å². The molecule has 1 saturated heterocycles. The standard InChI is InChI=1S/C24H36O2/c1-16(22-25-14-15-26-22)19-9-10-20-18-8-7-17-6-4-5-12-23(17,2)21(18)11-13-24(19,20)3/h6-8,16,18-22H,4-5,9-15H2,1-3H3/t16-,18-,19+,20-,21-,23-,24+/m0/s1. The van der Waals surface area contributed by atoms with E-state index in [0.29, 0.717) is 16.7 Å². The van der Waals surface area contributed by atoms with Crippen LogP contribution in [0.15, 0.2) is 23.8 Å². The largest absolute Gasteiger partial charge is 0.350 e. The van der Waals surface area contributed by atoms with Crippen LogP contribution in [-0.4, -0.2) is 19.5 Å². The Kier molecular flexibility index (Phi) is 4.18. The monoisotopic (exact) mass is 356 g/mol. The molecular weight excluding hydrogens is 320 g/mol. The van der Waals surface area contributed by atoms with E-state index in [1.54, 1.807) is 5.57 Å². The van der Waals surface area contributed by atoms with Crippen LogP contribution in [0.5, 0.6) is 0 Å². The zero-order valence-electron chi connectivity index (χ0n) is 16.9. The molecule has 5 rings (SSSR count). The molecule has 5 aliphatic rings. The summed E-state index contributed by atoms with van der Waals surface area (Å²) < 4.78 is 11.8. The van der Waals surface area contributed by atoms with Gasteiger partial charge in [0.1, 0.15) is 0 Å². The van der Waals surface area contributed by atoms with Gasteiger partial charge in [0, 0.05) is 5.92 Å². The summed E-state index contributed by atoms with van der Waals surface area (Å²) in [6, 6.07) is 0. The summed E-state index contributed by atoms with van der Waals surface area (Å²) in [6.07, 6.45) is 17.4. The lowest BCUT2D eigenvalue weighted by Gasteiger charge is -2.56. The van der Waals surface area contributed by atoms with Gasteiger partial charge in [0.25, 0.3) is 0 Å². The lowest BCUT2D eigenvalue weighted by Crippen LogP contribution is -2.49. The van der Waals surface area contributed by atoms with Gasteiger partial charge in [0.05, 0.1) is 13.2 Å². The van der Waals surface area contributed by atoms with E-state index in [0.717, 1.165) is 36.9 Å². The van der Waals surface area contributed by atoms with E-state index in [1.165, 1.54) is 44.9 Å². The molecule has 0 aromatic rings. The molecule has 7 atom stereocenters. The Bertz CT molecular complexity index is 616. The first-order chi connectivity index (χ1) is 12.5. The summed E-state index contributed by atoms with van der Waals surface area (Å²) in [5.41, 5.74) is 2.57. The topological polar surface area (TPSA) is 18.5 Å². The van der Waals surface area contributed by atoms with Crippen molar-refractivity contribution in [1.82, 2.24) is 0 Å². The normalized spacial score (nSPS) is 49.3. The predicted octanol–water partition coefficient (Wildman–Crippen LogP) is 5.74. The molecule has 0 amide bonds. The van der Waals surface area contributed by atoms with Gasteiger partial charge in [-0.15, -0.1) is 0 Å². The fourth-order valence-electron chi connectivity index (χ4n) is 7.96. The highest BCUT2D eigenvalue weighted by Crippen LogP contribution is 2.66. The minimum atomic E-state index is 0.0422. The molecule has 0 radical (unpaired) electrons. The second kappa shape index (κ2) is 6.21. The molecule has 2 heteroatoms. The average molecular weight is 357 g/mol. The van der Waals surface area contributed by atoms with Gasteiger partial charge in [-0.3, -0.25) is 0 Å². The highest BCUT2D eigenvalue weighted by atomic mass is 16.7. The third-order valence-electron chi connectivity index (χ3n) is 9.36. The molecule has 1 aliphatic heterocycles. The second-order valence-corrected chi connectivity index (χ2v) is 10.3. The minimum Gasteiger partial charge on any atom is -0.350 e. The van der Waals surface area contributed by atoms with E-state index < -0.39 is 0 Å². The SMILES string of the molecule is C[C@H](C1OCCO1)[C@H]1CC[C@H]2[C@@H]3C=CC4=CCCC[C@]4(C)[C@H]3CC[C@]12C. The van der Waals surface area contributed by atoms with E-state index in [4.69, 9.17) is 9.47 Å². The lowest BCUT2D eigenvalue weighted by atomic mass is 9.48. The Hall–Kier alpha value is -0.600. The van der Waals surface area contributed by atoms with Gasteiger partial charge in [-0.1, -0.05) is 39.0 Å². The Morgan fingerprint density at radius 3 is 2.65 bits per heavy atom. The number of hydrogen-bond donors (Lipinski definition) is 0. The molecule has 0 aromatic heterocycles. The highest BCUT2D eigenvalue weighted by molar-refractivity contribution is 5.35. The molecule has 26 heavy (non-hydrogen) atoms. The maximum absolute atomic E-state index is 5.90. The van der Waals surface area contributed by atoms with Crippen molar-refractivity contribution >= 4 is 0 Å². The van der Waals surface area contributed by atoms with Crippen molar-refractivity contribution in [3.8, 4) is 0 Å². The van der Waals surface area contributed by atoms with Crippen molar-refractivity contribution in [2.75, 3.05) is 13.2 Å². The van der Waals surface area contributed by atoms with Crippen molar-refractivity contribution in [3.63, 3.8) is 0 Å². The van der Waals surface area contributed by atoms with Crippen LogP contribution in [0.3, 0.4) is 0 Å². The zero-order valence-corrected chi connectivity index (χ0v) is 16.9. The van der Waals surface area contributed by atoms with Crippen molar-refractivity contribution < 1.29 is 9.47 Å². The van der Waals surface area contributed by atoms with Gasteiger partial charge >= 0.3 is 0 Å². The first-order valence-corrected chi connectivity index (χ1v) is 11.2. The average Bonchev–Trinajstić information content (AvgIpc) is 3.28.